The van der Waals surface area contributed by atoms with Crippen molar-refractivity contribution in [3.05, 3.63) is 47.6 Å². The van der Waals surface area contributed by atoms with Crippen LogP contribution in [0.2, 0.25) is 0 Å². The number of nitrogens with zero attached hydrogens (tertiary/aromatic N) is 3. The topological polar surface area (TPSA) is 54.6 Å². The second kappa shape index (κ2) is 5.14. The number of aromatic nitrogens is 3. The molecular weight excluding hydrogens is 232 g/mol. The number of hydrogen-bond acceptors (Lipinski definition) is 4. The van der Waals surface area contributed by atoms with Gasteiger partial charge in [0.05, 0.1) is 0 Å². The molecule has 0 atom stereocenters. The second-order valence-electron chi connectivity index (χ2n) is 3.74. The lowest BCUT2D eigenvalue weighted by molar-refractivity contribution is 0.772. The Bertz CT molecular complexity index is 562. The first-order valence-corrected chi connectivity index (χ1v) is 6.26. The molecule has 2 aromatic heterocycles. The summed E-state index contributed by atoms with van der Waals surface area (Å²) in [4.78, 5) is 9.32. The largest absolute Gasteiger partial charge is 0.339 e. The first kappa shape index (κ1) is 11.9. The highest BCUT2D eigenvalue weighted by molar-refractivity contribution is 7.98. The van der Waals surface area contributed by atoms with Crippen molar-refractivity contribution in [3.63, 3.8) is 0 Å². The van der Waals surface area contributed by atoms with Gasteiger partial charge < -0.3 is 4.57 Å². The van der Waals surface area contributed by atoms with Crippen molar-refractivity contribution in [1.82, 2.24) is 14.5 Å². The lowest BCUT2D eigenvalue weighted by Gasteiger charge is -2.07. The molecule has 0 fully saturated rings. The Kier molecular flexibility index (Phi) is 3.58. The molecule has 0 saturated heterocycles. The molecule has 2 heterocycles. The predicted molar refractivity (Wildman–Crippen MR) is 67.6 cm³/mol. The molecule has 0 aliphatic rings. The molecule has 0 bridgehead atoms. The van der Waals surface area contributed by atoms with Crippen molar-refractivity contribution >= 4 is 11.8 Å². The molecule has 2 aromatic rings. The lowest BCUT2D eigenvalue weighted by atomic mass is 10.3. The van der Waals surface area contributed by atoms with Gasteiger partial charge in [-0.1, -0.05) is 0 Å². The van der Waals surface area contributed by atoms with Crippen LogP contribution < -0.4 is 5.49 Å². The lowest BCUT2D eigenvalue weighted by Crippen LogP contribution is -2.17. The highest BCUT2D eigenvalue weighted by Gasteiger charge is 2.02. The van der Waals surface area contributed by atoms with E-state index in [0.717, 1.165) is 22.0 Å². The molecule has 4 nitrogen and oxygen atoms in total. The maximum absolute atomic E-state index is 7.82. The Morgan fingerprint density at radius 2 is 2.06 bits per heavy atom. The van der Waals surface area contributed by atoms with Gasteiger partial charge in [-0.3, -0.25) is 10.4 Å². The van der Waals surface area contributed by atoms with Crippen LogP contribution >= 0.6 is 11.8 Å². The van der Waals surface area contributed by atoms with Crippen LogP contribution in [0, 0.1) is 12.3 Å². The van der Waals surface area contributed by atoms with Crippen LogP contribution in [0.4, 0.5) is 0 Å². The van der Waals surface area contributed by atoms with Gasteiger partial charge in [0.2, 0.25) is 0 Å². The first-order chi connectivity index (χ1) is 8.16. The average molecular weight is 246 g/mol. The molecule has 0 aliphatic heterocycles. The summed E-state index contributed by atoms with van der Waals surface area (Å²) < 4.78 is 1.94. The predicted octanol–water partition coefficient (Wildman–Crippen LogP) is 1.90. The zero-order valence-corrected chi connectivity index (χ0v) is 10.7. The van der Waals surface area contributed by atoms with Crippen LogP contribution in [0.3, 0.4) is 0 Å². The fraction of sp³-hybridized carbons (Fsp3) is 0.250. The van der Waals surface area contributed by atoms with Gasteiger partial charge in [0, 0.05) is 41.8 Å². The van der Waals surface area contributed by atoms with E-state index in [2.05, 4.69) is 9.97 Å². The summed E-state index contributed by atoms with van der Waals surface area (Å²) in [7, 11) is 1.95. The number of hydrogen-bond donors (Lipinski definition) is 1. The molecule has 0 saturated carbocycles. The molecular formula is C12H14N4S. The number of rotatable bonds is 3. The highest BCUT2D eigenvalue weighted by atomic mass is 32.2. The SMILES string of the molecule is Cc1nc(=N)c(CSc2ccncc2)cn1C. The summed E-state index contributed by atoms with van der Waals surface area (Å²) in [6, 6.07) is 3.94. The van der Waals surface area contributed by atoms with Crippen molar-refractivity contribution in [2.75, 3.05) is 0 Å². The zero-order chi connectivity index (χ0) is 12.3. The minimum Gasteiger partial charge on any atom is -0.339 e. The Morgan fingerprint density at radius 3 is 2.76 bits per heavy atom. The molecule has 2 rings (SSSR count). The molecule has 0 radical (unpaired) electrons. The molecule has 0 aromatic carbocycles. The van der Waals surface area contributed by atoms with Crippen LogP contribution in [0.15, 0.2) is 35.6 Å². The quantitative estimate of drug-likeness (QED) is 0.841. The third kappa shape index (κ3) is 2.94. The molecule has 88 valence electrons. The monoisotopic (exact) mass is 246 g/mol. The minimum absolute atomic E-state index is 0.363. The van der Waals surface area contributed by atoms with E-state index in [1.54, 1.807) is 24.2 Å². The fourth-order valence-corrected chi connectivity index (χ4v) is 2.25. The van der Waals surface area contributed by atoms with Crippen LogP contribution in [0.1, 0.15) is 11.4 Å². The Morgan fingerprint density at radius 1 is 1.35 bits per heavy atom. The van der Waals surface area contributed by atoms with Crippen molar-refractivity contribution < 1.29 is 0 Å². The summed E-state index contributed by atoms with van der Waals surface area (Å²) in [6.07, 6.45) is 5.52. The van der Waals surface area contributed by atoms with Gasteiger partial charge in [0.15, 0.2) is 5.49 Å². The summed E-state index contributed by atoms with van der Waals surface area (Å²) in [6.45, 7) is 1.90. The van der Waals surface area contributed by atoms with Gasteiger partial charge >= 0.3 is 0 Å². The van der Waals surface area contributed by atoms with Crippen molar-refractivity contribution in [2.45, 2.75) is 17.6 Å². The van der Waals surface area contributed by atoms with E-state index in [1.807, 2.05) is 36.9 Å². The summed E-state index contributed by atoms with van der Waals surface area (Å²) in [5.74, 6) is 1.61. The Balaban J connectivity index is 2.15. The van der Waals surface area contributed by atoms with E-state index in [0.29, 0.717) is 5.49 Å². The van der Waals surface area contributed by atoms with Crippen molar-refractivity contribution in [1.29, 1.82) is 5.41 Å². The average Bonchev–Trinajstić information content (AvgIpc) is 2.33. The van der Waals surface area contributed by atoms with Gasteiger partial charge in [0.25, 0.3) is 0 Å². The van der Waals surface area contributed by atoms with E-state index >= 15 is 0 Å². The molecule has 5 heteroatoms. The van der Waals surface area contributed by atoms with E-state index in [1.165, 1.54) is 0 Å². The van der Waals surface area contributed by atoms with Gasteiger partial charge in [-0.05, 0) is 19.1 Å². The number of thioether (sulfide) groups is 1. The number of nitrogens with one attached hydrogen (secondary N) is 1. The smallest absolute Gasteiger partial charge is 0.152 e. The maximum Gasteiger partial charge on any atom is 0.152 e. The molecule has 1 N–H and O–H groups in total. The first-order valence-electron chi connectivity index (χ1n) is 5.27. The molecule has 0 unspecified atom stereocenters. The normalized spacial score (nSPS) is 10.5. The molecule has 0 spiro atoms. The summed E-state index contributed by atoms with van der Waals surface area (Å²) in [5, 5.41) is 7.82. The van der Waals surface area contributed by atoms with Crippen LogP contribution in [-0.4, -0.2) is 14.5 Å². The standard InChI is InChI=1S/C12H14N4S/c1-9-15-12(13)10(7-16(9)2)8-17-11-3-5-14-6-4-11/h3-7,13H,8H2,1-2H3. The Hall–Kier alpha value is -1.62. The van der Waals surface area contributed by atoms with Gasteiger partial charge in [0.1, 0.15) is 5.82 Å². The van der Waals surface area contributed by atoms with Crippen molar-refractivity contribution in [3.8, 4) is 0 Å². The third-order valence-electron chi connectivity index (χ3n) is 2.48. The van der Waals surface area contributed by atoms with E-state index in [4.69, 9.17) is 5.41 Å². The van der Waals surface area contributed by atoms with Crippen molar-refractivity contribution in [2.24, 2.45) is 7.05 Å². The van der Waals surface area contributed by atoms with Gasteiger partial charge in [-0.15, -0.1) is 11.8 Å². The number of pyridine rings is 1. The second-order valence-corrected chi connectivity index (χ2v) is 4.79. The van der Waals surface area contributed by atoms with E-state index < -0.39 is 0 Å². The summed E-state index contributed by atoms with van der Waals surface area (Å²) in [5.41, 5.74) is 1.31. The Labute approximate surface area is 104 Å². The molecule has 0 aliphatic carbocycles. The van der Waals surface area contributed by atoms with Crippen LogP contribution in [0.25, 0.3) is 0 Å². The fourth-order valence-electron chi connectivity index (χ4n) is 1.40. The molecule has 17 heavy (non-hydrogen) atoms. The van der Waals surface area contributed by atoms with Crippen LogP contribution in [-0.2, 0) is 12.8 Å². The van der Waals surface area contributed by atoms with Crippen LogP contribution in [0.5, 0.6) is 0 Å². The third-order valence-corrected chi connectivity index (χ3v) is 3.54. The highest BCUT2D eigenvalue weighted by Crippen LogP contribution is 2.19. The number of aryl methyl sites for hydroxylation is 2. The van der Waals surface area contributed by atoms with Gasteiger partial charge in [-0.25, -0.2) is 4.98 Å². The van der Waals surface area contributed by atoms with E-state index in [9.17, 15) is 0 Å². The zero-order valence-electron chi connectivity index (χ0n) is 9.84. The maximum atomic E-state index is 7.82. The van der Waals surface area contributed by atoms with E-state index in [-0.39, 0.29) is 0 Å². The van der Waals surface area contributed by atoms with Gasteiger partial charge in [-0.2, -0.15) is 0 Å². The minimum atomic E-state index is 0.363. The summed E-state index contributed by atoms with van der Waals surface area (Å²) >= 11 is 1.69. The molecule has 0 amide bonds.